The van der Waals surface area contributed by atoms with Gasteiger partial charge in [0.1, 0.15) is 0 Å². The lowest BCUT2D eigenvalue weighted by atomic mass is 10.2. The summed E-state index contributed by atoms with van der Waals surface area (Å²) in [6, 6.07) is 0. The van der Waals surface area contributed by atoms with E-state index in [2.05, 4.69) is 32.7 Å². The van der Waals surface area contributed by atoms with E-state index in [0.717, 1.165) is 11.3 Å². The van der Waals surface area contributed by atoms with Gasteiger partial charge in [-0.05, 0) is 26.1 Å². The maximum Gasteiger partial charge on any atom is 0.220 e. The molecule has 0 unspecified atom stereocenters. The normalized spacial score (nSPS) is 11.2. The predicted molar refractivity (Wildman–Crippen MR) is 63.3 cm³/mol. The topological polar surface area (TPSA) is 102 Å². The highest BCUT2D eigenvalue weighted by atomic mass is 32.1. The summed E-state index contributed by atoms with van der Waals surface area (Å²) in [4.78, 5) is 7.90. The molecule has 0 atom stereocenters. The van der Waals surface area contributed by atoms with Crippen LogP contribution in [0.25, 0.3) is 0 Å². The molecule has 0 aliphatic heterocycles. The number of hydrogen-bond donors (Lipinski definition) is 3. The second-order valence-electron chi connectivity index (χ2n) is 2.90. The third kappa shape index (κ3) is 3.13. The summed E-state index contributed by atoms with van der Waals surface area (Å²) in [5.41, 5.74) is 15.4. The Balaban J connectivity index is 2.95. The Kier molecular flexibility index (Phi) is 3.51. The monoisotopic (exact) mass is 224 g/mol. The van der Waals surface area contributed by atoms with Crippen molar-refractivity contribution >= 4 is 29.0 Å². The third-order valence-corrected chi connectivity index (χ3v) is 1.81. The van der Waals surface area contributed by atoms with E-state index in [1.165, 1.54) is 0 Å². The van der Waals surface area contributed by atoms with Crippen LogP contribution in [0.1, 0.15) is 18.2 Å². The number of hydrazone groups is 1. The molecule has 1 rings (SSSR count). The van der Waals surface area contributed by atoms with Crippen molar-refractivity contribution in [3.8, 4) is 0 Å². The summed E-state index contributed by atoms with van der Waals surface area (Å²) in [7, 11) is 0. The van der Waals surface area contributed by atoms with Gasteiger partial charge in [-0.1, -0.05) is 0 Å². The van der Waals surface area contributed by atoms with Gasteiger partial charge in [0, 0.05) is 11.8 Å². The van der Waals surface area contributed by atoms with E-state index in [9.17, 15) is 0 Å². The minimum Gasteiger partial charge on any atom is -0.375 e. The lowest BCUT2D eigenvalue weighted by Gasteiger charge is -2.04. The zero-order chi connectivity index (χ0) is 11.4. The predicted octanol–water partition coefficient (Wildman–Crippen LogP) is -0.0756. The second-order valence-corrected chi connectivity index (χ2v) is 3.34. The van der Waals surface area contributed by atoms with Crippen molar-refractivity contribution in [3.05, 3.63) is 17.5 Å². The molecule has 0 aromatic carbocycles. The summed E-state index contributed by atoms with van der Waals surface area (Å²) in [6.45, 7) is 3.63. The van der Waals surface area contributed by atoms with Crippen molar-refractivity contribution in [3.63, 3.8) is 0 Å². The Morgan fingerprint density at radius 1 is 1.60 bits per heavy atom. The Bertz CT molecular complexity index is 414. The van der Waals surface area contributed by atoms with Crippen LogP contribution in [0.4, 0.5) is 5.95 Å². The number of nitrogen functional groups attached to an aromatic ring is 1. The Hall–Kier alpha value is -1.76. The average Bonchev–Trinajstić information content (AvgIpc) is 2.14. The summed E-state index contributed by atoms with van der Waals surface area (Å²) in [6.07, 6.45) is 1.61. The number of rotatable bonds is 2. The molecule has 1 aromatic rings. The molecule has 0 radical (unpaired) electrons. The highest BCUT2D eigenvalue weighted by molar-refractivity contribution is 7.80. The van der Waals surface area contributed by atoms with Gasteiger partial charge in [-0.3, -0.25) is 5.43 Å². The van der Waals surface area contributed by atoms with Crippen molar-refractivity contribution in [2.24, 2.45) is 10.8 Å². The molecule has 0 saturated heterocycles. The maximum absolute atomic E-state index is 5.43. The SMILES string of the molecule is C/C(=N\NC(N)=S)c1cnc(N)nc1C. The smallest absolute Gasteiger partial charge is 0.220 e. The van der Waals surface area contributed by atoms with Gasteiger partial charge >= 0.3 is 0 Å². The van der Waals surface area contributed by atoms with E-state index in [1.54, 1.807) is 13.1 Å². The van der Waals surface area contributed by atoms with Gasteiger partial charge in [-0.15, -0.1) is 0 Å². The molecule has 0 fully saturated rings. The maximum atomic E-state index is 5.43. The molecular formula is C8H12N6S. The lowest BCUT2D eigenvalue weighted by Crippen LogP contribution is -2.25. The Labute approximate surface area is 92.8 Å². The first-order valence-corrected chi connectivity index (χ1v) is 4.60. The number of aryl methyl sites for hydroxylation is 1. The van der Waals surface area contributed by atoms with Gasteiger partial charge < -0.3 is 11.5 Å². The number of anilines is 1. The van der Waals surface area contributed by atoms with Crippen LogP contribution >= 0.6 is 12.2 Å². The molecule has 6 nitrogen and oxygen atoms in total. The molecule has 5 N–H and O–H groups in total. The molecule has 0 bridgehead atoms. The van der Waals surface area contributed by atoms with E-state index in [0.29, 0.717) is 5.71 Å². The number of hydrogen-bond acceptors (Lipinski definition) is 5. The molecule has 1 aromatic heterocycles. The summed E-state index contributed by atoms with van der Waals surface area (Å²) >= 11 is 4.63. The number of thiocarbonyl (C=S) groups is 1. The molecule has 0 spiro atoms. The molecule has 0 aliphatic rings. The fourth-order valence-corrected chi connectivity index (χ4v) is 1.09. The van der Waals surface area contributed by atoms with Crippen LogP contribution in [0, 0.1) is 6.92 Å². The van der Waals surface area contributed by atoms with E-state index in [-0.39, 0.29) is 11.1 Å². The van der Waals surface area contributed by atoms with E-state index < -0.39 is 0 Å². The van der Waals surface area contributed by atoms with Crippen molar-refractivity contribution in [1.82, 2.24) is 15.4 Å². The van der Waals surface area contributed by atoms with Crippen molar-refractivity contribution in [1.29, 1.82) is 0 Å². The summed E-state index contributed by atoms with van der Waals surface area (Å²) in [5, 5.41) is 4.08. The first-order valence-electron chi connectivity index (χ1n) is 4.20. The van der Waals surface area contributed by atoms with Crippen LogP contribution in [0.15, 0.2) is 11.3 Å². The van der Waals surface area contributed by atoms with Crippen molar-refractivity contribution in [2.75, 3.05) is 5.73 Å². The number of nitrogens with two attached hydrogens (primary N) is 2. The number of nitrogens with zero attached hydrogens (tertiary/aromatic N) is 3. The standard InChI is InChI=1S/C8H12N6S/c1-4-6(3-11-7(9)12-4)5(2)13-14-8(10)15/h3H,1-2H3,(H2,9,11,12)(H3,10,14,15)/b13-5+. The van der Waals surface area contributed by atoms with Gasteiger partial charge in [0.05, 0.1) is 11.4 Å². The highest BCUT2D eigenvalue weighted by Gasteiger charge is 2.04. The molecule has 0 aliphatic carbocycles. The van der Waals surface area contributed by atoms with Gasteiger partial charge in [-0.2, -0.15) is 5.10 Å². The molecule has 15 heavy (non-hydrogen) atoms. The van der Waals surface area contributed by atoms with Crippen molar-refractivity contribution < 1.29 is 0 Å². The number of aromatic nitrogens is 2. The molecule has 80 valence electrons. The minimum absolute atomic E-state index is 0.114. The third-order valence-electron chi connectivity index (χ3n) is 1.72. The molecule has 0 saturated carbocycles. The van der Waals surface area contributed by atoms with Gasteiger partial charge in [-0.25, -0.2) is 9.97 Å². The molecule has 7 heteroatoms. The van der Waals surface area contributed by atoms with Crippen LogP contribution < -0.4 is 16.9 Å². The molecule has 1 heterocycles. The van der Waals surface area contributed by atoms with Crippen LogP contribution in [0.5, 0.6) is 0 Å². The zero-order valence-corrected chi connectivity index (χ0v) is 9.30. The van der Waals surface area contributed by atoms with Crippen LogP contribution in [0.3, 0.4) is 0 Å². The Morgan fingerprint density at radius 3 is 2.80 bits per heavy atom. The first kappa shape index (κ1) is 11.3. The first-order chi connectivity index (χ1) is 7.00. The van der Waals surface area contributed by atoms with Gasteiger partial charge in [0.2, 0.25) is 5.95 Å². The molecular weight excluding hydrogens is 212 g/mol. The fraction of sp³-hybridized carbons (Fsp3) is 0.250. The zero-order valence-electron chi connectivity index (χ0n) is 8.48. The minimum atomic E-state index is 0.114. The highest BCUT2D eigenvalue weighted by Crippen LogP contribution is 2.05. The fourth-order valence-electron chi connectivity index (χ4n) is 1.04. The largest absolute Gasteiger partial charge is 0.375 e. The van der Waals surface area contributed by atoms with E-state index in [4.69, 9.17) is 11.5 Å². The lowest BCUT2D eigenvalue weighted by molar-refractivity contribution is 1.02. The average molecular weight is 224 g/mol. The van der Waals surface area contributed by atoms with Crippen LogP contribution in [-0.4, -0.2) is 20.8 Å². The quantitative estimate of drug-likeness (QED) is 0.369. The van der Waals surface area contributed by atoms with E-state index >= 15 is 0 Å². The number of nitrogens with one attached hydrogen (secondary N) is 1. The van der Waals surface area contributed by atoms with Crippen LogP contribution in [0.2, 0.25) is 0 Å². The van der Waals surface area contributed by atoms with Crippen LogP contribution in [-0.2, 0) is 0 Å². The summed E-state index contributed by atoms with van der Waals surface area (Å²) in [5.74, 6) is 0.242. The van der Waals surface area contributed by atoms with Gasteiger partial charge in [0.25, 0.3) is 0 Å². The van der Waals surface area contributed by atoms with Crippen molar-refractivity contribution in [2.45, 2.75) is 13.8 Å². The van der Waals surface area contributed by atoms with Gasteiger partial charge in [0.15, 0.2) is 5.11 Å². The van der Waals surface area contributed by atoms with E-state index in [1.807, 2.05) is 6.92 Å². The summed E-state index contributed by atoms with van der Waals surface area (Å²) < 4.78 is 0. The second kappa shape index (κ2) is 4.65. The molecule has 0 amide bonds. The Morgan fingerprint density at radius 2 is 2.27 bits per heavy atom.